The maximum atomic E-state index is 14.8. The van der Waals surface area contributed by atoms with Crippen molar-refractivity contribution in [2.24, 2.45) is 0 Å². The van der Waals surface area contributed by atoms with Gasteiger partial charge in [-0.1, -0.05) is 48.6 Å². The van der Waals surface area contributed by atoms with Gasteiger partial charge in [-0.2, -0.15) is 5.06 Å². The van der Waals surface area contributed by atoms with Gasteiger partial charge in [0, 0.05) is 17.0 Å². The Morgan fingerprint density at radius 1 is 0.960 bits per heavy atom. The zero-order chi connectivity index (χ0) is 18.2. The highest BCUT2D eigenvalue weighted by Gasteiger charge is 2.45. The molecule has 1 aromatic rings. The van der Waals surface area contributed by atoms with Crippen molar-refractivity contribution in [1.29, 1.82) is 0 Å². The van der Waals surface area contributed by atoms with Gasteiger partial charge in [-0.15, -0.1) is 0 Å². The van der Waals surface area contributed by atoms with Gasteiger partial charge in [-0.3, -0.25) is 0 Å². The van der Waals surface area contributed by atoms with Crippen LogP contribution in [0.5, 0.6) is 0 Å². The minimum Gasteiger partial charge on any atom is -0.313 e. The second-order valence-electron chi connectivity index (χ2n) is 8.50. The second kappa shape index (κ2) is 6.54. The molecular formula is C22H28FNO. The summed E-state index contributed by atoms with van der Waals surface area (Å²) < 4.78 is 14.8. The third-order valence-corrected chi connectivity index (χ3v) is 5.46. The predicted molar refractivity (Wildman–Crippen MR) is 100 cm³/mol. The van der Waals surface area contributed by atoms with E-state index in [1.54, 1.807) is 6.07 Å². The van der Waals surface area contributed by atoms with Gasteiger partial charge in [0.1, 0.15) is 5.82 Å². The molecule has 2 aliphatic rings. The van der Waals surface area contributed by atoms with Crippen molar-refractivity contribution in [3.05, 3.63) is 71.6 Å². The first kappa shape index (κ1) is 18.1. The molecule has 1 aromatic carbocycles. The fourth-order valence-corrected chi connectivity index (χ4v) is 4.34. The van der Waals surface area contributed by atoms with E-state index in [2.05, 4.69) is 6.07 Å². The van der Waals surface area contributed by atoms with Crippen LogP contribution in [-0.2, 0) is 0 Å². The van der Waals surface area contributed by atoms with Crippen LogP contribution in [0.2, 0.25) is 0 Å². The van der Waals surface area contributed by atoms with Gasteiger partial charge in [0.05, 0.1) is 0 Å². The molecule has 3 rings (SSSR count). The van der Waals surface area contributed by atoms with Crippen molar-refractivity contribution >= 4 is 0 Å². The molecule has 1 fully saturated rings. The van der Waals surface area contributed by atoms with E-state index in [9.17, 15) is 9.60 Å². The number of benzene rings is 1. The first-order chi connectivity index (χ1) is 11.7. The number of halogens is 1. The van der Waals surface area contributed by atoms with E-state index in [-0.39, 0.29) is 28.7 Å². The van der Waals surface area contributed by atoms with Gasteiger partial charge in [0.15, 0.2) is 0 Å². The molecule has 0 radical (unpaired) electrons. The molecule has 25 heavy (non-hydrogen) atoms. The maximum absolute atomic E-state index is 14.8. The number of allylic oxidation sites excluding steroid dienone is 6. The molecule has 0 atom stereocenters. The number of rotatable bonds is 2. The molecule has 0 amide bonds. The van der Waals surface area contributed by atoms with Crippen LogP contribution in [0, 0.1) is 5.82 Å². The zero-order valence-electron chi connectivity index (χ0n) is 15.5. The largest absolute Gasteiger partial charge is 0.313 e. The number of hydrogen-bond donors (Lipinski definition) is 1. The standard InChI is InChI=1S/C22H28FNO/c1-21(2)14-18(15-22(3,4)24(21)25)17-11-12-19(20(23)13-17)16-9-7-5-6-8-10-16/h5-13,16,18,25H,14-15H2,1-4H3. The Labute approximate surface area is 150 Å². The van der Waals surface area contributed by atoms with Crippen LogP contribution in [0.3, 0.4) is 0 Å². The summed E-state index contributed by atoms with van der Waals surface area (Å²) in [4.78, 5) is 0. The normalized spacial score (nSPS) is 23.8. The Balaban J connectivity index is 1.88. The fourth-order valence-electron chi connectivity index (χ4n) is 4.34. The summed E-state index contributed by atoms with van der Waals surface area (Å²) in [6.07, 6.45) is 13.5. The van der Waals surface area contributed by atoms with Crippen LogP contribution >= 0.6 is 0 Å². The van der Waals surface area contributed by atoms with Crippen molar-refractivity contribution in [1.82, 2.24) is 5.06 Å². The van der Waals surface area contributed by atoms with Gasteiger partial charge in [0.2, 0.25) is 0 Å². The Morgan fingerprint density at radius 2 is 1.52 bits per heavy atom. The lowest BCUT2D eigenvalue weighted by atomic mass is 9.72. The monoisotopic (exact) mass is 341 g/mol. The van der Waals surface area contributed by atoms with Crippen LogP contribution < -0.4 is 0 Å². The molecule has 0 saturated carbocycles. The molecule has 1 N–H and O–H groups in total. The molecule has 0 bridgehead atoms. The zero-order valence-corrected chi connectivity index (χ0v) is 15.5. The lowest BCUT2D eigenvalue weighted by molar-refractivity contribution is -0.245. The lowest BCUT2D eigenvalue weighted by Crippen LogP contribution is -2.58. The predicted octanol–water partition coefficient (Wildman–Crippen LogP) is 5.72. The van der Waals surface area contributed by atoms with Crippen LogP contribution in [0.25, 0.3) is 0 Å². The van der Waals surface area contributed by atoms with Crippen molar-refractivity contribution < 1.29 is 9.60 Å². The minimum atomic E-state index is -0.333. The quantitative estimate of drug-likeness (QED) is 0.744. The molecular weight excluding hydrogens is 313 g/mol. The van der Waals surface area contributed by atoms with Crippen LogP contribution in [0.4, 0.5) is 4.39 Å². The maximum Gasteiger partial charge on any atom is 0.127 e. The molecule has 2 nitrogen and oxygen atoms in total. The average Bonchev–Trinajstić information content (AvgIpc) is 2.81. The molecule has 3 heteroatoms. The van der Waals surface area contributed by atoms with Crippen molar-refractivity contribution in [3.63, 3.8) is 0 Å². The highest BCUT2D eigenvalue weighted by molar-refractivity contribution is 5.37. The molecule has 1 aliphatic carbocycles. The number of nitrogens with zero attached hydrogens (tertiary/aromatic N) is 1. The summed E-state index contributed by atoms with van der Waals surface area (Å²) in [5.41, 5.74) is 1.06. The Hall–Kier alpha value is -1.71. The topological polar surface area (TPSA) is 23.5 Å². The van der Waals surface area contributed by atoms with E-state index in [1.165, 1.54) is 5.06 Å². The molecule has 0 aromatic heterocycles. The second-order valence-corrected chi connectivity index (χ2v) is 8.50. The number of hydroxylamine groups is 2. The minimum absolute atomic E-state index is 0.0313. The highest BCUT2D eigenvalue weighted by atomic mass is 19.1. The Bertz CT molecular complexity index is 696. The smallest absolute Gasteiger partial charge is 0.127 e. The van der Waals surface area contributed by atoms with Gasteiger partial charge in [-0.25, -0.2) is 4.39 Å². The van der Waals surface area contributed by atoms with E-state index in [1.807, 2.05) is 70.2 Å². The molecule has 0 spiro atoms. The van der Waals surface area contributed by atoms with E-state index < -0.39 is 0 Å². The van der Waals surface area contributed by atoms with E-state index in [0.717, 1.165) is 18.4 Å². The first-order valence-electron chi connectivity index (χ1n) is 9.01. The van der Waals surface area contributed by atoms with E-state index in [0.29, 0.717) is 5.56 Å². The van der Waals surface area contributed by atoms with Crippen LogP contribution in [-0.4, -0.2) is 21.3 Å². The Kier molecular flexibility index (Phi) is 4.74. The number of piperidine rings is 1. The van der Waals surface area contributed by atoms with E-state index in [4.69, 9.17) is 0 Å². The van der Waals surface area contributed by atoms with Crippen molar-refractivity contribution in [3.8, 4) is 0 Å². The average molecular weight is 341 g/mol. The molecule has 0 unspecified atom stereocenters. The summed E-state index contributed by atoms with van der Waals surface area (Å²) in [5, 5.41) is 11.9. The summed E-state index contributed by atoms with van der Waals surface area (Å²) in [5.74, 6) is 0.0517. The van der Waals surface area contributed by atoms with Gasteiger partial charge in [0.25, 0.3) is 0 Å². The lowest BCUT2D eigenvalue weighted by Gasteiger charge is -2.51. The highest BCUT2D eigenvalue weighted by Crippen LogP contribution is 2.44. The summed E-state index contributed by atoms with van der Waals surface area (Å²) in [7, 11) is 0. The summed E-state index contributed by atoms with van der Waals surface area (Å²) >= 11 is 0. The van der Waals surface area contributed by atoms with Crippen LogP contribution in [0.15, 0.2) is 54.7 Å². The van der Waals surface area contributed by atoms with E-state index >= 15 is 0 Å². The molecule has 1 aliphatic heterocycles. The molecule has 1 heterocycles. The third-order valence-electron chi connectivity index (χ3n) is 5.46. The SMILES string of the molecule is CC1(C)CC(c2ccc(C3C=CC=CC=C3)c(F)c2)CC(C)(C)N1O. The molecule has 1 saturated heterocycles. The first-order valence-corrected chi connectivity index (χ1v) is 9.01. The van der Waals surface area contributed by atoms with Gasteiger partial charge in [-0.05, 0) is 63.6 Å². The van der Waals surface area contributed by atoms with Crippen molar-refractivity contribution in [2.45, 2.75) is 63.5 Å². The van der Waals surface area contributed by atoms with Crippen LogP contribution in [0.1, 0.15) is 63.5 Å². The third kappa shape index (κ3) is 3.63. The molecule has 134 valence electrons. The summed E-state index contributed by atoms with van der Waals surface area (Å²) in [6.45, 7) is 8.17. The van der Waals surface area contributed by atoms with Gasteiger partial charge >= 0.3 is 0 Å². The summed E-state index contributed by atoms with van der Waals surface area (Å²) in [6, 6.07) is 5.67. The fraction of sp³-hybridized carbons (Fsp3) is 0.455. The van der Waals surface area contributed by atoms with Crippen molar-refractivity contribution in [2.75, 3.05) is 0 Å². The number of hydrogen-bond acceptors (Lipinski definition) is 2. The van der Waals surface area contributed by atoms with Gasteiger partial charge < -0.3 is 5.21 Å². The Morgan fingerprint density at radius 3 is 2.04 bits per heavy atom.